The Labute approximate surface area is 201 Å². The summed E-state index contributed by atoms with van der Waals surface area (Å²) < 4.78 is 11.6. The van der Waals surface area contributed by atoms with Gasteiger partial charge in [0, 0.05) is 17.3 Å². The fraction of sp³-hybridized carbons (Fsp3) is 0.0769. The number of anilines is 1. The van der Waals surface area contributed by atoms with E-state index < -0.39 is 0 Å². The summed E-state index contributed by atoms with van der Waals surface area (Å²) in [6, 6.07) is 22.8. The van der Waals surface area contributed by atoms with Gasteiger partial charge in [0.2, 0.25) is 0 Å². The van der Waals surface area contributed by atoms with Crippen LogP contribution >= 0.6 is 23.2 Å². The second-order valence-corrected chi connectivity index (χ2v) is 8.00. The van der Waals surface area contributed by atoms with Crippen LogP contribution in [0.1, 0.15) is 11.1 Å². The Morgan fingerprint density at radius 1 is 0.939 bits per heavy atom. The second kappa shape index (κ2) is 9.83. The van der Waals surface area contributed by atoms with E-state index in [1.54, 1.807) is 31.5 Å². The Hall–Kier alpha value is -3.72. The monoisotopic (exact) mass is 475 g/mol. The molecule has 0 spiro atoms. The van der Waals surface area contributed by atoms with Gasteiger partial charge in [-0.1, -0.05) is 65.7 Å². The van der Waals surface area contributed by atoms with Crippen molar-refractivity contribution < 1.29 is 9.47 Å². The molecule has 0 aliphatic heterocycles. The summed E-state index contributed by atoms with van der Waals surface area (Å²) in [5.74, 6) is 1.24. The van der Waals surface area contributed by atoms with Crippen LogP contribution < -0.4 is 15.2 Å². The Morgan fingerprint density at radius 2 is 1.73 bits per heavy atom. The molecule has 7 heteroatoms. The van der Waals surface area contributed by atoms with Gasteiger partial charge < -0.3 is 15.2 Å². The van der Waals surface area contributed by atoms with Crippen LogP contribution in [-0.2, 0) is 6.61 Å². The molecule has 33 heavy (non-hydrogen) atoms. The maximum absolute atomic E-state index is 9.82. The van der Waals surface area contributed by atoms with Gasteiger partial charge in [0.1, 0.15) is 24.1 Å². The highest BCUT2D eigenvalue weighted by atomic mass is 35.5. The number of hydrogen-bond donors (Lipinski definition) is 1. The Morgan fingerprint density at radius 3 is 2.42 bits per heavy atom. The summed E-state index contributed by atoms with van der Waals surface area (Å²) in [5.41, 5.74) is 10.4. The third kappa shape index (κ3) is 4.73. The third-order valence-corrected chi connectivity index (χ3v) is 5.87. The summed E-state index contributed by atoms with van der Waals surface area (Å²) in [6.07, 6.45) is 1.68. The van der Waals surface area contributed by atoms with Gasteiger partial charge in [-0.3, -0.25) is 0 Å². The fourth-order valence-electron chi connectivity index (χ4n) is 3.51. The number of nitrogens with zero attached hydrogens (tertiary/aromatic N) is 2. The molecule has 0 saturated carbocycles. The molecule has 5 nitrogen and oxygen atoms in total. The van der Waals surface area contributed by atoms with Crippen LogP contribution in [0.2, 0.25) is 10.0 Å². The molecule has 4 rings (SSSR count). The number of nitrogen functional groups attached to an aromatic ring is 1. The minimum atomic E-state index is 0.172. The van der Waals surface area contributed by atoms with Crippen molar-refractivity contribution in [1.82, 2.24) is 4.98 Å². The molecule has 0 aliphatic rings. The fourth-order valence-corrected chi connectivity index (χ4v) is 3.83. The van der Waals surface area contributed by atoms with Gasteiger partial charge in [0.05, 0.1) is 17.2 Å². The number of methoxy groups -OCH3 is 1. The first-order valence-corrected chi connectivity index (χ1v) is 10.8. The van der Waals surface area contributed by atoms with Crippen molar-refractivity contribution in [2.75, 3.05) is 12.8 Å². The van der Waals surface area contributed by atoms with Crippen LogP contribution in [0.3, 0.4) is 0 Å². The van der Waals surface area contributed by atoms with E-state index in [4.69, 9.17) is 38.4 Å². The summed E-state index contributed by atoms with van der Waals surface area (Å²) >= 11 is 12.1. The molecule has 0 fully saturated rings. The van der Waals surface area contributed by atoms with Crippen LogP contribution in [0, 0.1) is 11.3 Å². The summed E-state index contributed by atoms with van der Waals surface area (Å²) in [7, 11) is 1.56. The molecule has 0 aliphatic carbocycles. The van der Waals surface area contributed by atoms with Crippen molar-refractivity contribution in [3.63, 3.8) is 0 Å². The maximum atomic E-state index is 9.82. The molecule has 0 atom stereocenters. The van der Waals surface area contributed by atoms with E-state index >= 15 is 0 Å². The van der Waals surface area contributed by atoms with Gasteiger partial charge >= 0.3 is 0 Å². The zero-order valence-corrected chi connectivity index (χ0v) is 19.2. The van der Waals surface area contributed by atoms with E-state index in [-0.39, 0.29) is 12.4 Å². The number of ether oxygens (including phenoxy) is 2. The molecule has 1 aromatic heterocycles. The number of halogens is 2. The maximum Gasteiger partial charge on any atom is 0.161 e. The standard InChI is InChI=1S/C26H19Cl2N3O2/c1-32-24-12-18(8-10-23(24)33-15-16-7-9-21(27)22(28)11-16)25-19(13-29)26(30)31-14-20(25)17-5-3-2-4-6-17/h2-12,14H,15H2,1H3,(H2,30,31). The Balaban J connectivity index is 1.74. The average Bonchev–Trinajstić information content (AvgIpc) is 2.85. The minimum absolute atomic E-state index is 0.172. The van der Waals surface area contributed by atoms with Crippen molar-refractivity contribution in [2.24, 2.45) is 0 Å². The number of benzene rings is 3. The Bertz CT molecular complexity index is 1350. The van der Waals surface area contributed by atoms with Crippen molar-refractivity contribution in [3.05, 3.63) is 94.1 Å². The van der Waals surface area contributed by atoms with Crippen LogP contribution in [0.4, 0.5) is 5.82 Å². The first-order valence-electron chi connectivity index (χ1n) is 10.0. The normalized spacial score (nSPS) is 10.5. The van der Waals surface area contributed by atoms with E-state index in [1.165, 1.54) is 0 Å². The highest BCUT2D eigenvalue weighted by molar-refractivity contribution is 6.42. The van der Waals surface area contributed by atoms with E-state index in [1.807, 2.05) is 48.5 Å². The van der Waals surface area contributed by atoms with Crippen LogP contribution in [0.15, 0.2) is 72.9 Å². The van der Waals surface area contributed by atoms with Gasteiger partial charge in [-0.15, -0.1) is 0 Å². The Kier molecular flexibility index (Phi) is 6.69. The van der Waals surface area contributed by atoms with E-state index in [0.29, 0.717) is 32.7 Å². The first kappa shape index (κ1) is 22.5. The van der Waals surface area contributed by atoms with Crippen molar-refractivity contribution in [1.29, 1.82) is 5.26 Å². The number of aromatic nitrogens is 1. The number of hydrogen-bond acceptors (Lipinski definition) is 5. The molecule has 0 amide bonds. The van der Waals surface area contributed by atoms with Crippen LogP contribution in [0.5, 0.6) is 11.5 Å². The van der Waals surface area contributed by atoms with Crippen molar-refractivity contribution >= 4 is 29.0 Å². The van der Waals surface area contributed by atoms with E-state index in [0.717, 1.165) is 22.3 Å². The minimum Gasteiger partial charge on any atom is -0.493 e. The lowest BCUT2D eigenvalue weighted by Crippen LogP contribution is -2.01. The predicted molar refractivity (Wildman–Crippen MR) is 132 cm³/mol. The first-order chi connectivity index (χ1) is 16.0. The SMILES string of the molecule is COc1cc(-c2c(-c3ccccc3)cnc(N)c2C#N)ccc1OCc1ccc(Cl)c(Cl)c1. The number of nitriles is 1. The quantitative estimate of drug-likeness (QED) is 0.332. The molecule has 164 valence electrons. The van der Waals surface area contributed by atoms with Gasteiger partial charge in [-0.05, 0) is 41.0 Å². The number of nitrogens with two attached hydrogens (primary N) is 1. The van der Waals surface area contributed by atoms with Crippen LogP contribution in [-0.4, -0.2) is 12.1 Å². The largest absolute Gasteiger partial charge is 0.493 e. The zero-order valence-electron chi connectivity index (χ0n) is 17.7. The molecule has 0 unspecified atom stereocenters. The molecule has 0 radical (unpaired) electrons. The molecule has 3 aromatic carbocycles. The summed E-state index contributed by atoms with van der Waals surface area (Å²) in [5, 5.41) is 10.8. The van der Waals surface area contributed by atoms with Gasteiger partial charge in [-0.2, -0.15) is 5.26 Å². The lowest BCUT2D eigenvalue weighted by molar-refractivity contribution is 0.284. The van der Waals surface area contributed by atoms with Gasteiger partial charge in [-0.25, -0.2) is 4.98 Å². The average molecular weight is 476 g/mol. The smallest absolute Gasteiger partial charge is 0.161 e. The molecular weight excluding hydrogens is 457 g/mol. The topological polar surface area (TPSA) is 81.2 Å². The number of rotatable bonds is 6. The van der Waals surface area contributed by atoms with Crippen molar-refractivity contribution in [3.8, 4) is 39.8 Å². The van der Waals surface area contributed by atoms with Crippen molar-refractivity contribution in [2.45, 2.75) is 6.61 Å². The molecule has 0 bridgehead atoms. The molecule has 4 aromatic rings. The second-order valence-electron chi connectivity index (χ2n) is 7.19. The predicted octanol–water partition coefficient (Wildman–Crippen LogP) is 6.76. The highest BCUT2D eigenvalue weighted by Gasteiger charge is 2.18. The third-order valence-electron chi connectivity index (χ3n) is 5.14. The number of pyridine rings is 1. The van der Waals surface area contributed by atoms with Crippen LogP contribution in [0.25, 0.3) is 22.3 Å². The highest BCUT2D eigenvalue weighted by Crippen LogP contribution is 2.40. The summed E-state index contributed by atoms with van der Waals surface area (Å²) in [6.45, 7) is 0.285. The molecule has 2 N–H and O–H groups in total. The summed E-state index contributed by atoms with van der Waals surface area (Å²) in [4.78, 5) is 4.23. The van der Waals surface area contributed by atoms with Gasteiger partial charge in [0.25, 0.3) is 0 Å². The molecular formula is C26H19Cl2N3O2. The zero-order chi connectivity index (χ0) is 23.4. The molecule has 1 heterocycles. The lowest BCUT2D eigenvalue weighted by Gasteiger charge is -2.16. The van der Waals surface area contributed by atoms with E-state index in [2.05, 4.69) is 11.1 Å². The van der Waals surface area contributed by atoms with Gasteiger partial charge in [0.15, 0.2) is 11.5 Å². The molecule has 0 saturated heterocycles. The lowest BCUT2D eigenvalue weighted by atomic mass is 9.92. The van der Waals surface area contributed by atoms with E-state index in [9.17, 15) is 5.26 Å².